The Bertz CT molecular complexity index is 756. The lowest BCUT2D eigenvalue weighted by Gasteiger charge is -2.38. The summed E-state index contributed by atoms with van der Waals surface area (Å²) >= 11 is 0. The number of likely N-dealkylation sites (N-methyl/N-ethyl adjacent to an activating group) is 1. The van der Waals surface area contributed by atoms with Crippen LogP contribution in [0.5, 0.6) is 0 Å². The summed E-state index contributed by atoms with van der Waals surface area (Å²) in [4.78, 5) is 19.1. The molecule has 0 aliphatic carbocycles. The van der Waals surface area contributed by atoms with Crippen LogP contribution < -0.4 is 10.2 Å². The molecule has 1 aliphatic heterocycles. The van der Waals surface area contributed by atoms with Gasteiger partial charge >= 0.3 is 6.09 Å². The van der Waals surface area contributed by atoms with Crippen molar-refractivity contribution in [1.82, 2.24) is 15.1 Å². The van der Waals surface area contributed by atoms with Gasteiger partial charge in [0.25, 0.3) is 0 Å². The summed E-state index contributed by atoms with van der Waals surface area (Å²) < 4.78 is 5.39. The SMILES string of the molecule is CN1CCN([C@H](CNC(=O)OCc2ccccc2)c2ccc(N(C)C)cc2)CC1. The lowest BCUT2D eigenvalue weighted by atomic mass is 10.0. The number of hydrogen-bond donors (Lipinski definition) is 1. The normalized spacial score (nSPS) is 16.2. The minimum atomic E-state index is -0.377. The molecule has 1 N–H and O–H groups in total. The zero-order valence-electron chi connectivity index (χ0n) is 17.7. The molecule has 0 radical (unpaired) electrons. The minimum absolute atomic E-state index is 0.129. The van der Waals surface area contributed by atoms with Crippen molar-refractivity contribution in [2.75, 3.05) is 58.8 Å². The third-order valence-electron chi connectivity index (χ3n) is 5.43. The van der Waals surface area contributed by atoms with Gasteiger partial charge in [-0.1, -0.05) is 42.5 Å². The van der Waals surface area contributed by atoms with E-state index in [4.69, 9.17) is 4.74 Å². The van der Waals surface area contributed by atoms with Crippen LogP contribution in [0.1, 0.15) is 17.2 Å². The van der Waals surface area contributed by atoms with Gasteiger partial charge in [0.05, 0.1) is 6.04 Å². The van der Waals surface area contributed by atoms with Crippen LogP contribution in [0.4, 0.5) is 10.5 Å². The second-order valence-corrected chi connectivity index (χ2v) is 7.78. The van der Waals surface area contributed by atoms with Gasteiger partial charge in [0.2, 0.25) is 0 Å². The number of ether oxygens (including phenoxy) is 1. The molecule has 1 amide bonds. The number of carbonyl (C=O) groups excluding carboxylic acids is 1. The summed E-state index contributed by atoms with van der Waals surface area (Å²) in [6.45, 7) is 4.84. The average Bonchev–Trinajstić information content (AvgIpc) is 2.74. The number of anilines is 1. The van der Waals surface area contributed by atoms with Crippen LogP contribution in [-0.4, -0.2) is 69.8 Å². The average molecular weight is 397 g/mol. The van der Waals surface area contributed by atoms with Gasteiger partial charge in [-0.3, -0.25) is 4.90 Å². The molecule has 29 heavy (non-hydrogen) atoms. The largest absolute Gasteiger partial charge is 0.445 e. The van der Waals surface area contributed by atoms with E-state index in [0.717, 1.165) is 31.7 Å². The van der Waals surface area contributed by atoms with Crippen molar-refractivity contribution < 1.29 is 9.53 Å². The first kappa shape index (κ1) is 21.1. The van der Waals surface area contributed by atoms with E-state index in [1.165, 1.54) is 11.3 Å². The molecule has 1 fully saturated rings. The second kappa shape index (κ2) is 10.3. The van der Waals surface area contributed by atoms with Crippen LogP contribution in [0.15, 0.2) is 54.6 Å². The molecule has 0 saturated carbocycles. The van der Waals surface area contributed by atoms with Gasteiger partial charge in [0, 0.05) is 52.5 Å². The van der Waals surface area contributed by atoms with Crippen molar-refractivity contribution in [3.63, 3.8) is 0 Å². The highest BCUT2D eigenvalue weighted by Crippen LogP contribution is 2.24. The molecule has 1 aliphatic rings. The van der Waals surface area contributed by atoms with Crippen molar-refractivity contribution in [2.45, 2.75) is 12.6 Å². The van der Waals surface area contributed by atoms with Gasteiger partial charge in [-0.05, 0) is 30.3 Å². The molecule has 156 valence electrons. The Hall–Kier alpha value is -2.57. The molecule has 6 heteroatoms. The van der Waals surface area contributed by atoms with Gasteiger partial charge in [0.1, 0.15) is 6.61 Å². The van der Waals surface area contributed by atoms with E-state index in [-0.39, 0.29) is 18.7 Å². The summed E-state index contributed by atoms with van der Waals surface area (Å²) in [5.41, 5.74) is 3.36. The lowest BCUT2D eigenvalue weighted by molar-refractivity contribution is 0.103. The summed E-state index contributed by atoms with van der Waals surface area (Å²) in [7, 11) is 6.23. The second-order valence-electron chi connectivity index (χ2n) is 7.78. The zero-order valence-corrected chi connectivity index (χ0v) is 17.7. The first-order valence-corrected chi connectivity index (χ1v) is 10.2. The molecule has 3 rings (SSSR count). The molecule has 6 nitrogen and oxygen atoms in total. The van der Waals surface area contributed by atoms with Gasteiger partial charge in [-0.15, -0.1) is 0 Å². The maximum absolute atomic E-state index is 12.3. The van der Waals surface area contributed by atoms with Crippen LogP contribution in [0.3, 0.4) is 0 Å². The zero-order chi connectivity index (χ0) is 20.6. The number of rotatable bonds is 7. The summed E-state index contributed by atoms with van der Waals surface area (Å²) in [6.07, 6.45) is -0.377. The van der Waals surface area contributed by atoms with Crippen molar-refractivity contribution >= 4 is 11.8 Å². The summed E-state index contributed by atoms with van der Waals surface area (Å²) in [5, 5.41) is 2.97. The number of piperazine rings is 1. The molecule has 0 bridgehead atoms. The number of amides is 1. The van der Waals surface area contributed by atoms with Gasteiger partial charge in [-0.2, -0.15) is 0 Å². The lowest BCUT2D eigenvalue weighted by Crippen LogP contribution is -2.48. The Morgan fingerprint density at radius 2 is 1.69 bits per heavy atom. The summed E-state index contributed by atoms with van der Waals surface area (Å²) in [6, 6.07) is 18.5. The minimum Gasteiger partial charge on any atom is -0.445 e. The van der Waals surface area contributed by atoms with Gasteiger partial charge in [-0.25, -0.2) is 4.79 Å². The molecule has 0 spiro atoms. The topological polar surface area (TPSA) is 48.1 Å². The van der Waals surface area contributed by atoms with Crippen LogP contribution in [0, 0.1) is 0 Å². The monoisotopic (exact) mass is 396 g/mol. The Morgan fingerprint density at radius 3 is 2.31 bits per heavy atom. The van der Waals surface area contributed by atoms with E-state index in [1.807, 2.05) is 44.4 Å². The standard InChI is InChI=1S/C23H32N4O2/c1-25(2)21-11-9-20(10-12-21)22(27-15-13-26(3)14-16-27)17-24-23(28)29-18-19-7-5-4-6-8-19/h4-12,22H,13-18H2,1-3H3,(H,24,28)/t22-/m1/s1. The molecular formula is C23H32N4O2. The predicted octanol–water partition coefficient (Wildman–Crippen LogP) is 2.97. The first-order chi connectivity index (χ1) is 14.0. The number of hydrogen-bond acceptors (Lipinski definition) is 5. The van der Waals surface area contributed by atoms with Crippen molar-refractivity contribution in [2.24, 2.45) is 0 Å². The molecular weight excluding hydrogens is 364 g/mol. The van der Waals surface area contributed by atoms with E-state index >= 15 is 0 Å². The Balaban J connectivity index is 1.62. The highest BCUT2D eigenvalue weighted by Gasteiger charge is 2.24. The molecule has 1 atom stereocenters. The predicted molar refractivity (Wildman–Crippen MR) is 117 cm³/mol. The molecule has 0 aromatic heterocycles. The Kier molecular flexibility index (Phi) is 7.49. The van der Waals surface area contributed by atoms with Gasteiger partial charge in [0.15, 0.2) is 0 Å². The van der Waals surface area contributed by atoms with Crippen LogP contribution >= 0.6 is 0 Å². The smallest absolute Gasteiger partial charge is 0.407 e. The fourth-order valence-electron chi connectivity index (χ4n) is 3.54. The van der Waals surface area contributed by atoms with E-state index in [9.17, 15) is 4.79 Å². The quantitative estimate of drug-likeness (QED) is 0.780. The fraction of sp³-hybridized carbons (Fsp3) is 0.435. The Labute approximate surface area is 174 Å². The van der Waals surface area contributed by atoms with Gasteiger partial charge < -0.3 is 19.9 Å². The van der Waals surface area contributed by atoms with Crippen molar-refractivity contribution in [1.29, 1.82) is 0 Å². The van der Waals surface area contributed by atoms with E-state index in [1.54, 1.807) is 0 Å². The number of alkyl carbamates (subject to hydrolysis) is 1. The molecule has 1 heterocycles. The highest BCUT2D eigenvalue weighted by molar-refractivity contribution is 5.67. The third kappa shape index (κ3) is 6.21. The number of carbonyl (C=O) groups is 1. The maximum atomic E-state index is 12.3. The maximum Gasteiger partial charge on any atom is 0.407 e. The number of benzene rings is 2. The van der Waals surface area contributed by atoms with Crippen LogP contribution in [0.2, 0.25) is 0 Å². The number of nitrogens with one attached hydrogen (secondary N) is 1. The van der Waals surface area contributed by atoms with Crippen LogP contribution in [0.25, 0.3) is 0 Å². The molecule has 1 saturated heterocycles. The van der Waals surface area contributed by atoms with Crippen molar-refractivity contribution in [3.8, 4) is 0 Å². The van der Waals surface area contributed by atoms with E-state index in [0.29, 0.717) is 6.54 Å². The molecule has 0 unspecified atom stereocenters. The fourth-order valence-corrected chi connectivity index (χ4v) is 3.54. The number of nitrogens with zero attached hydrogens (tertiary/aromatic N) is 3. The van der Waals surface area contributed by atoms with E-state index < -0.39 is 0 Å². The summed E-state index contributed by atoms with van der Waals surface area (Å²) in [5.74, 6) is 0. The van der Waals surface area contributed by atoms with E-state index in [2.05, 4.69) is 51.3 Å². The molecule has 2 aromatic carbocycles. The molecule has 2 aromatic rings. The Morgan fingerprint density at radius 1 is 1.03 bits per heavy atom. The van der Waals surface area contributed by atoms with Crippen molar-refractivity contribution in [3.05, 3.63) is 65.7 Å². The van der Waals surface area contributed by atoms with Crippen LogP contribution in [-0.2, 0) is 11.3 Å². The third-order valence-corrected chi connectivity index (χ3v) is 5.43. The first-order valence-electron chi connectivity index (χ1n) is 10.2. The highest BCUT2D eigenvalue weighted by atomic mass is 16.5.